The third-order valence-electron chi connectivity index (χ3n) is 12.8. The Hall–Kier alpha value is -5.34. The maximum absolute atomic E-state index is 13.3. The molecule has 0 N–H and O–H groups in total. The Bertz CT molecular complexity index is 2100. The number of hydrogen-bond donors (Lipinski definition) is 0. The molecule has 0 aliphatic heterocycles. The second-order valence-electron chi connectivity index (χ2n) is 16.4. The first-order valence-corrected chi connectivity index (χ1v) is 21.6. The lowest BCUT2D eigenvalue weighted by molar-refractivity contribution is 0.103. The zero-order valence-electron chi connectivity index (χ0n) is 34.4. The smallest absolute Gasteiger partial charge is 0.193 e. The summed E-state index contributed by atoms with van der Waals surface area (Å²) in [5.74, 6) is 1.33. The number of hydrogen-bond acceptors (Lipinski definition) is 2. The van der Waals surface area contributed by atoms with E-state index in [0.717, 1.165) is 24.0 Å². The maximum Gasteiger partial charge on any atom is 0.193 e. The molecule has 2 unspecified atom stereocenters. The van der Waals surface area contributed by atoms with Crippen LogP contribution in [0.4, 0.5) is 0 Å². The predicted octanol–water partition coefficient (Wildman–Crippen LogP) is 15.0. The first kappa shape index (κ1) is 39.9. The van der Waals surface area contributed by atoms with E-state index in [2.05, 4.69) is 88.4 Å². The summed E-state index contributed by atoms with van der Waals surface area (Å²) in [7, 11) is 0. The minimum Gasteiger partial charge on any atom is -0.289 e. The molecule has 0 spiro atoms. The highest BCUT2D eigenvalue weighted by atomic mass is 16.1. The number of rotatable bonds is 18. The number of carbonyl (C=O) groups excluding carboxylic acids is 2. The molecule has 0 fully saturated rings. The van der Waals surface area contributed by atoms with Crippen LogP contribution in [-0.4, -0.2) is 11.6 Å². The van der Waals surface area contributed by atoms with Crippen LogP contribution in [-0.2, 0) is 5.41 Å². The van der Waals surface area contributed by atoms with E-state index < -0.39 is 0 Å². The molecule has 6 aromatic carbocycles. The Morgan fingerprint density at radius 1 is 0.439 bits per heavy atom. The summed E-state index contributed by atoms with van der Waals surface area (Å²) in [5.41, 5.74) is 13.0. The lowest BCUT2D eigenvalue weighted by Crippen LogP contribution is -2.31. The Balaban J connectivity index is 1.33. The number of benzene rings is 6. The van der Waals surface area contributed by atoms with Crippen molar-refractivity contribution in [1.82, 2.24) is 0 Å². The molecule has 57 heavy (non-hydrogen) atoms. The Morgan fingerprint density at radius 3 is 1.14 bits per heavy atom. The molecule has 1 aliphatic carbocycles. The molecule has 2 heteroatoms. The Morgan fingerprint density at radius 2 is 0.789 bits per heavy atom. The molecule has 6 aromatic rings. The van der Waals surface area contributed by atoms with Crippen molar-refractivity contribution in [3.05, 3.63) is 179 Å². The van der Waals surface area contributed by atoms with E-state index in [9.17, 15) is 9.59 Å². The quantitative estimate of drug-likeness (QED) is 0.0820. The van der Waals surface area contributed by atoms with Crippen LogP contribution in [0.15, 0.2) is 146 Å². The molecular formula is C55H58O2. The molecule has 0 saturated carbocycles. The number of fused-ring (bicyclic) bond motifs is 3. The van der Waals surface area contributed by atoms with Crippen LogP contribution in [0.3, 0.4) is 0 Å². The summed E-state index contributed by atoms with van der Waals surface area (Å²) in [6.45, 7) is 9.41. The lowest BCUT2D eigenvalue weighted by Gasteiger charge is -2.39. The summed E-state index contributed by atoms with van der Waals surface area (Å²) in [5, 5.41) is 0. The molecule has 0 radical (unpaired) electrons. The van der Waals surface area contributed by atoms with Crippen molar-refractivity contribution in [2.24, 2.45) is 11.8 Å². The average Bonchev–Trinajstić information content (AvgIpc) is 3.54. The van der Waals surface area contributed by atoms with Crippen molar-refractivity contribution in [1.29, 1.82) is 0 Å². The first-order chi connectivity index (χ1) is 27.9. The van der Waals surface area contributed by atoms with Gasteiger partial charge >= 0.3 is 0 Å². The van der Waals surface area contributed by atoms with Gasteiger partial charge in [-0.1, -0.05) is 213 Å². The normalized spacial score (nSPS) is 13.8. The highest BCUT2D eigenvalue weighted by Crippen LogP contribution is 2.57. The van der Waals surface area contributed by atoms with E-state index in [-0.39, 0.29) is 17.0 Å². The van der Waals surface area contributed by atoms with E-state index >= 15 is 0 Å². The molecule has 7 rings (SSSR count). The second kappa shape index (κ2) is 18.3. The molecule has 0 heterocycles. The van der Waals surface area contributed by atoms with Crippen LogP contribution >= 0.6 is 0 Å². The summed E-state index contributed by atoms with van der Waals surface area (Å²) in [4.78, 5) is 26.6. The SMILES string of the molecule is CCCCC(CC)CC1(CC(CC)CCCC)c2cc(-c3ccc(C(=O)c4ccccc4)cc3)ccc2-c2ccc(-c3ccc(C(=O)c4ccccc4)cc3)cc21. The molecule has 0 saturated heterocycles. The van der Waals surface area contributed by atoms with Crippen LogP contribution in [0, 0.1) is 11.8 Å². The van der Waals surface area contributed by atoms with Crippen molar-refractivity contribution in [2.45, 2.75) is 97.3 Å². The molecule has 1 aliphatic rings. The molecule has 2 nitrogen and oxygen atoms in total. The summed E-state index contributed by atoms with van der Waals surface area (Å²) in [6.07, 6.45) is 12.0. The van der Waals surface area contributed by atoms with Gasteiger partial charge in [0.05, 0.1) is 0 Å². The van der Waals surface area contributed by atoms with Crippen LogP contribution in [0.5, 0.6) is 0 Å². The van der Waals surface area contributed by atoms with Gasteiger partial charge in [-0.25, -0.2) is 0 Å². The minimum atomic E-state index is -0.133. The monoisotopic (exact) mass is 750 g/mol. The third-order valence-corrected chi connectivity index (χ3v) is 12.8. The van der Waals surface area contributed by atoms with Crippen molar-refractivity contribution < 1.29 is 9.59 Å². The third kappa shape index (κ3) is 8.52. The molecule has 2 atom stereocenters. The van der Waals surface area contributed by atoms with Gasteiger partial charge in [0, 0.05) is 27.7 Å². The van der Waals surface area contributed by atoms with Crippen molar-refractivity contribution >= 4 is 11.6 Å². The van der Waals surface area contributed by atoms with E-state index in [4.69, 9.17) is 0 Å². The van der Waals surface area contributed by atoms with Crippen LogP contribution in [0.1, 0.15) is 135 Å². The van der Waals surface area contributed by atoms with Crippen LogP contribution in [0.25, 0.3) is 33.4 Å². The van der Waals surface area contributed by atoms with Gasteiger partial charge < -0.3 is 0 Å². The van der Waals surface area contributed by atoms with Gasteiger partial charge in [-0.3, -0.25) is 9.59 Å². The van der Waals surface area contributed by atoms with Gasteiger partial charge in [0.25, 0.3) is 0 Å². The van der Waals surface area contributed by atoms with Gasteiger partial charge in [-0.15, -0.1) is 0 Å². The van der Waals surface area contributed by atoms with Crippen LogP contribution < -0.4 is 0 Å². The van der Waals surface area contributed by atoms with E-state index in [1.165, 1.54) is 84.7 Å². The fraction of sp³-hybridized carbons (Fsp3) is 0.309. The maximum atomic E-state index is 13.3. The fourth-order valence-corrected chi connectivity index (χ4v) is 9.39. The topological polar surface area (TPSA) is 34.1 Å². The second-order valence-corrected chi connectivity index (χ2v) is 16.4. The summed E-state index contributed by atoms with van der Waals surface area (Å²) < 4.78 is 0. The number of unbranched alkanes of at least 4 members (excludes halogenated alkanes) is 2. The highest BCUT2D eigenvalue weighted by Gasteiger charge is 2.45. The zero-order chi connectivity index (χ0) is 39.8. The highest BCUT2D eigenvalue weighted by molar-refractivity contribution is 6.09. The largest absolute Gasteiger partial charge is 0.289 e. The van der Waals surface area contributed by atoms with Gasteiger partial charge in [-0.2, -0.15) is 0 Å². The Labute approximate surface area is 341 Å². The molecule has 0 aromatic heterocycles. The zero-order valence-corrected chi connectivity index (χ0v) is 34.4. The molecular weight excluding hydrogens is 693 g/mol. The predicted molar refractivity (Wildman–Crippen MR) is 239 cm³/mol. The van der Waals surface area contributed by atoms with Crippen molar-refractivity contribution in [3.8, 4) is 33.4 Å². The first-order valence-electron chi connectivity index (χ1n) is 21.6. The molecule has 0 amide bonds. The lowest BCUT2D eigenvalue weighted by atomic mass is 9.64. The van der Waals surface area contributed by atoms with Gasteiger partial charge in [-0.05, 0) is 81.3 Å². The fourth-order valence-electron chi connectivity index (χ4n) is 9.39. The standard InChI is InChI=1S/C55H58O2/c1-5-9-17-39(7-3)37-55(38-40(8-4)18-10-6-2)51-35-47(41-23-27-45(28-24-41)53(56)43-19-13-11-14-20-43)31-33-49(51)50-34-32-48(36-52(50)55)42-25-29-46(30-26-42)54(57)44-21-15-12-16-22-44/h11-16,19-36,39-40H,5-10,17-18,37-38H2,1-4H3. The number of ketones is 2. The van der Waals surface area contributed by atoms with E-state index in [0.29, 0.717) is 34.1 Å². The van der Waals surface area contributed by atoms with E-state index in [1.54, 1.807) is 0 Å². The molecule has 0 bridgehead atoms. The minimum absolute atomic E-state index is 0.0502. The van der Waals surface area contributed by atoms with Gasteiger partial charge in [0.15, 0.2) is 11.6 Å². The van der Waals surface area contributed by atoms with Crippen molar-refractivity contribution in [3.63, 3.8) is 0 Å². The average molecular weight is 751 g/mol. The summed E-state index contributed by atoms with van der Waals surface area (Å²) >= 11 is 0. The Kier molecular flexibility index (Phi) is 12.8. The van der Waals surface area contributed by atoms with Gasteiger partial charge in [0.2, 0.25) is 0 Å². The van der Waals surface area contributed by atoms with Gasteiger partial charge in [0.1, 0.15) is 0 Å². The number of carbonyl (C=O) groups is 2. The summed E-state index contributed by atoms with van der Waals surface area (Å²) in [6, 6.07) is 49.9. The van der Waals surface area contributed by atoms with E-state index in [1.807, 2.05) is 84.9 Å². The molecule has 290 valence electrons. The van der Waals surface area contributed by atoms with Crippen molar-refractivity contribution in [2.75, 3.05) is 0 Å². The van der Waals surface area contributed by atoms with Crippen LogP contribution in [0.2, 0.25) is 0 Å².